The summed E-state index contributed by atoms with van der Waals surface area (Å²) in [6.07, 6.45) is 0.157. The fourth-order valence-corrected chi connectivity index (χ4v) is 3.32. The predicted molar refractivity (Wildman–Crippen MR) is 109 cm³/mol. The van der Waals surface area contributed by atoms with E-state index in [1.165, 1.54) is 4.90 Å². The number of hydrogen-bond acceptors (Lipinski definition) is 5. The minimum absolute atomic E-state index is 0.157. The lowest BCUT2D eigenvalue weighted by Gasteiger charge is -2.27. The molecule has 0 saturated carbocycles. The molecule has 1 aliphatic rings. The molecule has 0 aromatic heterocycles. The Bertz CT molecular complexity index is 941. The molecule has 2 aromatic rings. The summed E-state index contributed by atoms with van der Waals surface area (Å²) >= 11 is 0. The van der Waals surface area contributed by atoms with Gasteiger partial charge in [-0.05, 0) is 44.5 Å². The first-order valence-corrected chi connectivity index (χ1v) is 9.42. The number of carbonyl (C=O) groups excluding carboxylic acids is 3. The molecular weight excluding hydrogens is 372 g/mol. The Morgan fingerprint density at radius 1 is 1.14 bits per heavy atom. The van der Waals surface area contributed by atoms with E-state index in [0.29, 0.717) is 17.1 Å². The Balaban J connectivity index is 1.61. The summed E-state index contributed by atoms with van der Waals surface area (Å²) in [5.74, 6) is -0.609. The molecule has 152 valence electrons. The Labute approximate surface area is 169 Å². The number of anilines is 2. The smallest absolute Gasteiger partial charge is 0.344 e. The second-order valence-electron chi connectivity index (χ2n) is 7.10. The van der Waals surface area contributed by atoms with E-state index in [9.17, 15) is 14.4 Å². The maximum absolute atomic E-state index is 12.8. The molecule has 3 rings (SSSR count). The summed E-state index contributed by atoms with van der Waals surface area (Å²) in [6.45, 7) is 4.93. The number of amides is 2. The molecule has 1 atom stereocenters. The van der Waals surface area contributed by atoms with Crippen LogP contribution >= 0.6 is 0 Å². The molecule has 0 fully saturated rings. The predicted octanol–water partition coefficient (Wildman–Crippen LogP) is 2.99. The molecule has 0 unspecified atom stereocenters. The van der Waals surface area contributed by atoms with Gasteiger partial charge in [-0.15, -0.1) is 0 Å². The van der Waals surface area contributed by atoms with Crippen LogP contribution in [0.3, 0.4) is 0 Å². The number of rotatable bonds is 5. The van der Waals surface area contributed by atoms with Crippen molar-refractivity contribution in [1.29, 1.82) is 0 Å². The van der Waals surface area contributed by atoms with Crippen LogP contribution in [0.4, 0.5) is 11.4 Å². The quantitative estimate of drug-likeness (QED) is 0.786. The lowest BCUT2D eigenvalue weighted by Crippen LogP contribution is -2.41. The highest BCUT2D eigenvalue weighted by Gasteiger charge is 2.30. The van der Waals surface area contributed by atoms with Gasteiger partial charge in [-0.2, -0.15) is 0 Å². The number of nitrogens with one attached hydrogen (secondary N) is 1. The van der Waals surface area contributed by atoms with Gasteiger partial charge < -0.3 is 19.7 Å². The van der Waals surface area contributed by atoms with E-state index >= 15 is 0 Å². The van der Waals surface area contributed by atoms with Crippen LogP contribution in [0.15, 0.2) is 42.5 Å². The summed E-state index contributed by atoms with van der Waals surface area (Å²) < 4.78 is 10.6. The van der Waals surface area contributed by atoms with Crippen LogP contribution in [0.1, 0.15) is 24.5 Å². The zero-order valence-electron chi connectivity index (χ0n) is 16.7. The first-order valence-electron chi connectivity index (χ1n) is 9.42. The van der Waals surface area contributed by atoms with Crippen LogP contribution < -0.4 is 15.0 Å². The first kappa shape index (κ1) is 20.4. The molecular formula is C22H24N2O5. The number of aryl methyl sites for hydroxylation is 2. The molecule has 29 heavy (non-hydrogen) atoms. The van der Waals surface area contributed by atoms with E-state index in [1.807, 2.05) is 26.0 Å². The minimum Gasteiger partial charge on any atom is -0.482 e. The van der Waals surface area contributed by atoms with Crippen molar-refractivity contribution >= 4 is 29.2 Å². The number of nitrogens with zero attached hydrogens (tertiary/aromatic N) is 1. The van der Waals surface area contributed by atoms with E-state index in [-0.39, 0.29) is 25.0 Å². The number of fused-ring (bicyclic) bond motifs is 1. The van der Waals surface area contributed by atoms with E-state index < -0.39 is 18.5 Å². The number of hydrogen-bond donors (Lipinski definition) is 1. The normalized spacial score (nSPS) is 15.8. The Morgan fingerprint density at radius 2 is 1.90 bits per heavy atom. The second-order valence-corrected chi connectivity index (χ2v) is 7.10. The van der Waals surface area contributed by atoms with Crippen LogP contribution in [-0.2, 0) is 19.1 Å². The zero-order chi connectivity index (χ0) is 21.0. The van der Waals surface area contributed by atoms with E-state index in [2.05, 4.69) is 5.32 Å². The lowest BCUT2D eigenvalue weighted by molar-refractivity contribution is -0.150. The fraction of sp³-hybridized carbons (Fsp3) is 0.318. The van der Waals surface area contributed by atoms with Gasteiger partial charge in [0.2, 0.25) is 5.91 Å². The summed E-state index contributed by atoms with van der Waals surface area (Å²) in [7, 11) is 0. The van der Waals surface area contributed by atoms with Crippen molar-refractivity contribution in [2.24, 2.45) is 0 Å². The first-order chi connectivity index (χ1) is 13.8. The standard InChI is InChI=1S/C22H24N2O5/c1-14-8-9-19(15(2)10-14)28-13-22(27)29-12-21(26)24-16(3)11-20(25)23-17-6-4-5-7-18(17)24/h4-10,16H,11-13H2,1-3H3,(H,23,25)/t16-/m0/s1. The fourth-order valence-electron chi connectivity index (χ4n) is 3.32. The van der Waals surface area contributed by atoms with Crippen LogP contribution in [0.5, 0.6) is 5.75 Å². The van der Waals surface area contributed by atoms with Crippen molar-refractivity contribution < 1.29 is 23.9 Å². The SMILES string of the molecule is Cc1ccc(OCC(=O)OCC(=O)N2c3ccccc3NC(=O)C[C@@H]2C)c(C)c1. The monoisotopic (exact) mass is 396 g/mol. The van der Waals surface area contributed by atoms with Gasteiger partial charge in [-0.1, -0.05) is 29.8 Å². The molecule has 0 aliphatic carbocycles. The van der Waals surface area contributed by atoms with Crippen molar-refractivity contribution in [1.82, 2.24) is 0 Å². The topological polar surface area (TPSA) is 84.9 Å². The van der Waals surface area contributed by atoms with Crippen LogP contribution in [0.25, 0.3) is 0 Å². The van der Waals surface area contributed by atoms with Gasteiger partial charge in [0.1, 0.15) is 5.75 Å². The average molecular weight is 396 g/mol. The molecule has 2 aromatic carbocycles. The van der Waals surface area contributed by atoms with Crippen molar-refractivity contribution in [2.45, 2.75) is 33.2 Å². The van der Waals surface area contributed by atoms with Gasteiger partial charge in [0.15, 0.2) is 13.2 Å². The van der Waals surface area contributed by atoms with Crippen molar-refractivity contribution in [3.05, 3.63) is 53.6 Å². The highest BCUT2D eigenvalue weighted by Crippen LogP contribution is 2.31. The molecule has 0 radical (unpaired) electrons. The van der Waals surface area contributed by atoms with Crippen molar-refractivity contribution in [2.75, 3.05) is 23.4 Å². The molecule has 1 N–H and O–H groups in total. The molecule has 7 heteroatoms. The maximum Gasteiger partial charge on any atom is 0.344 e. The number of ether oxygens (including phenoxy) is 2. The summed E-state index contributed by atoms with van der Waals surface area (Å²) in [5.41, 5.74) is 3.15. The zero-order valence-corrected chi connectivity index (χ0v) is 16.7. The van der Waals surface area contributed by atoms with Gasteiger partial charge in [0.25, 0.3) is 5.91 Å². The van der Waals surface area contributed by atoms with Gasteiger partial charge in [0, 0.05) is 12.5 Å². The number of benzene rings is 2. The summed E-state index contributed by atoms with van der Waals surface area (Å²) in [6, 6.07) is 12.3. The number of carbonyl (C=O) groups is 3. The van der Waals surface area contributed by atoms with Crippen LogP contribution in [0.2, 0.25) is 0 Å². The Hall–Kier alpha value is -3.35. The summed E-state index contributed by atoms with van der Waals surface area (Å²) in [4.78, 5) is 38.3. The number of esters is 1. The molecule has 1 aliphatic heterocycles. The lowest BCUT2D eigenvalue weighted by atomic mass is 10.1. The van der Waals surface area contributed by atoms with Gasteiger partial charge in [-0.25, -0.2) is 4.79 Å². The van der Waals surface area contributed by atoms with Crippen LogP contribution in [0, 0.1) is 13.8 Å². The highest BCUT2D eigenvalue weighted by molar-refractivity contribution is 6.05. The molecule has 0 bridgehead atoms. The van der Waals surface area contributed by atoms with Crippen molar-refractivity contribution in [3.63, 3.8) is 0 Å². The van der Waals surface area contributed by atoms with Gasteiger partial charge in [0.05, 0.1) is 11.4 Å². The molecule has 2 amide bonds. The Morgan fingerprint density at radius 3 is 2.66 bits per heavy atom. The van der Waals surface area contributed by atoms with Gasteiger partial charge in [-0.3, -0.25) is 9.59 Å². The number of para-hydroxylation sites is 2. The third-order valence-electron chi connectivity index (χ3n) is 4.66. The maximum atomic E-state index is 12.8. The van der Waals surface area contributed by atoms with Crippen LogP contribution in [-0.4, -0.2) is 37.0 Å². The van der Waals surface area contributed by atoms with Crippen molar-refractivity contribution in [3.8, 4) is 5.75 Å². The highest BCUT2D eigenvalue weighted by atomic mass is 16.6. The third-order valence-corrected chi connectivity index (χ3v) is 4.66. The molecule has 0 spiro atoms. The second kappa shape index (κ2) is 8.77. The Kier molecular flexibility index (Phi) is 6.16. The molecule has 0 saturated heterocycles. The third kappa shape index (κ3) is 4.93. The minimum atomic E-state index is -0.636. The van der Waals surface area contributed by atoms with Gasteiger partial charge >= 0.3 is 5.97 Å². The largest absolute Gasteiger partial charge is 0.482 e. The van der Waals surface area contributed by atoms with E-state index in [4.69, 9.17) is 9.47 Å². The molecule has 7 nitrogen and oxygen atoms in total. The molecule has 1 heterocycles. The van der Waals surface area contributed by atoms with E-state index in [0.717, 1.165) is 11.1 Å². The van der Waals surface area contributed by atoms with E-state index in [1.54, 1.807) is 37.3 Å². The summed E-state index contributed by atoms with van der Waals surface area (Å²) in [5, 5.41) is 2.79. The average Bonchev–Trinajstić information content (AvgIpc) is 2.79.